The molecule has 0 aromatic rings. The normalized spacial score (nSPS) is 29.1. The van der Waals surface area contributed by atoms with E-state index in [0.29, 0.717) is 0 Å². The summed E-state index contributed by atoms with van der Waals surface area (Å²) in [6.07, 6.45) is 52.3. The van der Waals surface area contributed by atoms with Crippen LogP contribution in [0.5, 0.6) is 0 Å². The van der Waals surface area contributed by atoms with Crippen molar-refractivity contribution in [1.29, 1.82) is 0 Å². The topological polar surface area (TPSA) is 0 Å². The van der Waals surface area contributed by atoms with Gasteiger partial charge in [-0.05, 0) is 154 Å². The van der Waals surface area contributed by atoms with Gasteiger partial charge in [-0.25, -0.2) is 0 Å². The zero-order valence-electron chi connectivity index (χ0n) is 27.0. The average Bonchev–Trinajstić information content (AvgIpc) is 3.06. The summed E-state index contributed by atoms with van der Waals surface area (Å²) in [6, 6.07) is 0. The first kappa shape index (κ1) is 30.9. The molecule has 0 aromatic heterocycles. The van der Waals surface area contributed by atoms with E-state index in [2.05, 4.69) is 0 Å². The molecule has 6 fully saturated rings. The molecule has 0 amide bonds. The van der Waals surface area contributed by atoms with Crippen LogP contribution < -0.4 is 0 Å². The Morgan fingerprint density at radius 3 is 0.525 bits per heavy atom. The minimum atomic E-state index is -0.944. The predicted octanol–water partition coefficient (Wildman–Crippen LogP) is 13.0. The molecule has 0 aliphatic heterocycles. The smallest absolute Gasteiger partial charge is 0.0530 e. The second kappa shape index (κ2) is 15.2. The van der Waals surface area contributed by atoms with Crippen LogP contribution in [0.4, 0.5) is 0 Å². The van der Waals surface area contributed by atoms with Gasteiger partial charge in [0.2, 0.25) is 0 Å². The van der Waals surface area contributed by atoms with Gasteiger partial charge < -0.3 is 0 Å². The van der Waals surface area contributed by atoms with Crippen molar-refractivity contribution in [3.63, 3.8) is 0 Å². The van der Waals surface area contributed by atoms with Gasteiger partial charge in [0, 0.05) is 14.5 Å². The lowest BCUT2D eigenvalue weighted by atomic mass is 9.99. The molecule has 0 N–H and O–H groups in total. The second-order valence-corrected chi connectivity index (χ2v) is 25.4. The van der Waals surface area contributed by atoms with Crippen LogP contribution >= 0.6 is 14.5 Å². The zero-order valence-corrected chi connectivity index (χ0v) is 28.8. The Morgan fingerprint density at radius 1 is 0.225 bits per heavy atom. The fourth-order valence-corrected chi connectivity index (χ4v) is 29.1. The molecule has 230 valence electrons. The van der Waals surface area contributed by atoms with Crippen molar-refractivity contribution in [2.45, 2.75) is 227 Å². The van der Waals surface area contributed by atoms with Crippen LogP contribution in [0.1, 0.15) is 193 Å². The van der Waals surface area contributed by atoms with Gasteiger partial charge in [-0.2, -0.15) is 0 Å². The summed E-state index contributed by atoms with van der Waals surface area (Å²) in [7, 11) is -1.89. The van der Waals surface area contributed by atoms with Crippen molar-refractivity contribution < 1.29 is 0 Å². The van der Waals surface area contributed by atoms with E-state index >= 15 is 0 Å². The van der Waals surface area contributed by atoms with Gasteiger partial charge >= 0.3 is 0 Å². The summed E-state index contributed by atoms with van der Waals surface area (Å²) in [5, 5.41) is 0. The number of hydrogen-bond donors (Lipinski definition) is 0. The van der Waals surface area contributed by atoms with E-state index in [1.54, 1.807) is 193 Å². The van der Waals surface area contributed by atoms with Crippen LogP contribution in [0.15, 0.2) is 0 Å². The first-order valence-corrected chi connectivity index (χ1v) is 23.9. The van der Waals surface area contributed by atoms with E-state index < -0.39 is 14.5 Å². The highest BCUT2D eigenvalue weighted by Crippen LogP contribution is 2.83. The number of rotatable bonds is 9. The summed E-state index contributed by atoms with van der Waals surface area (Å²) in [4.78, 5) is 0. The third kappa shape index (κ3) is 6.60. The van der Waals surface area contributed by atoms with Crippen molar-refractivity contribution >= 4 is 14.5 Å². The lowest BCUT2D eigenvalue weighted by Crippen LogP contribution is -2.42. The van der Waals surface area contributed by atoms with Crippen LogP contribution in [-0.2, 0) is 0 Å². The highest BCUT2D eigenvalue weighted by Gasteiger charge is 2.62. The Labute approximate surface area is 252 Å². The van der Waals surface area contributed by atoms with Crippen LogP contribution in [-0.4, -0.2) is 46.3 Å². The third-order valence-corrected chi connectivity index (χ3v) is 28.0. The van der Waals surface area contributed by atoms with Crippen molar-refractivity contribution in [3.8, 4) is 0 Å². The Balaban J connectivity index is 1.39. The summed E-state index contributed by atoms with van der Waals surface area (Å²) in [5.74, 6) is 0. The fourth-order valence-electron chi connectivity index (χ4n) is 12.6. The van der Waals surface area contributed by atoms with E-state index in [0.717, 1.165) is 0 Å². The molecule has 6 aliphatic rings. The second-order valence-electron chi connectivity index (χ2n) is 16.2. The van der Waals surface area contributed by atoms with Crippen molar-refractivity contribution in [1.82, 2.24) is 0 Å². The van der Waals surface area contributed by atoms with E-state index in [1.807, 2.05) is 12.3 Å². The van der Waals surface area contributed by atoms with Gasteiger partial charge in [0.05, 0.1) is 46.3 Å². The first-order chi connectivity index (χ1) is 19.8. The third-order valence-electron chi connectivity index (χ3n) is 14.4. The van der Waals surface area contributed by atoms with Gasteiger partial charge in [-0.3, -0.25) is 0 Å². The summed E-state index contributed by atoms with van der Waals surface area (Å²) < 4.78 is 0. The van der Waals surface area contributed by atoms with Crippen LogP contribution in [0.3, 0.4) is 0 Å². The van der Waals surface area contributed by atoms with Crippen molar-refractivity contribution in [2.24, 2.45) is 0 Å². The predicted molar refractivity (Wildman–Crippen MR) is 185 cm³/mol. The molecule has 0 heterocycles. The summed E-state index contributed by atoms with van der Waals surface area (Å²) in [6.45, 7) is 0. The molecule has 0 bridgehead atoms. The van der Waals surface area contributed by atoms with E-state index in [-0.39, 0.29) is 0 Å². The average molecular weight is 589 g/mol. The van der Waals surface area contributed by atoms with Gasteiger partial charge in [-0.1, -0.05) is 38.5 Å². The molecular formula is C38H70P2+2. The van der Waals surface area contributed by atoms with Gasteiger partial charge in [-0.15, -0.1) is 0 Å². The molecular weight excluding hydrogens is 518 g/mol. The minimum Gasteiger partial charge on any atom is -0.0530 e. The molecule has 6 rings (SSSR count). The first-order valence-electron chi connectivity index (χ1n) is 19.6. The van der Waals surface area contributed by atoms with Gasteiger partial charge in [0.15, 0.2) is 0 Å². The van der Waals surface area contributed by atoms with Crippen LogP contribution in [0, 0.1) is 0 Å². The van der Waals surface area contributed by atoms with Gasteiger partial charge in [0.25, 0.3) is 0 Å². The molecule has 2 heteroatoms. The number of hydrogen-bond acceptors (Lipinski definition) is 0. The molecule has 6 aliphatic carbocycles. The quantitative estimate of drug-likeness (QED) is 0.235. The van der Waals surface area contributed by atoms with Crippen LogP contribution in [0.25, 0.3) is 0 Å². The monoisotopic (exact) mass is 588 g/mol. The zero-order chi connectivity index (χ0) is 27.1. The highest BCUT2D eigenvalue weighted by atomic mass is 31.2. The Morgan fingerprint density at radius 2 is 0.375 bits per heavy atom. The van der Waals surface area contributed by atoms with E-state index in [4.69, 9.17) is 0 Å². The maximum Gasteiger partial charge on any atom is 0.0937 e. The molecule has 0 unspecified atom stereocenters. The van der Waals surface area contributed by atoms with Crippen LogP contribution in [0.2, 0.25) is 0 Å². The van der Waals surface area contributed by atoms with Crippen molar-refractivity contribution in [2.75, 3.05) is 12.3 Å². The maximum absolute atomic E-state index is 1.84. The lowest BCUT2D eigenvalue weighted by molar-refractivity contribution is 0.447. The highest BCUT2D eigenvalue weighted by molar-refractivity contribution is 7.81. The minimum absolute atomic E-state index is 0.944. The summed E-state index contributed by atoms with van der Waals surface area (Å²) >= 11 is 0. The molecule has 0 atom stereocenters. The molecule has 40 heavy (non-hydrogen) atoms. The molecule has 0 radical (unpaired) electrons. The Kier molecular flexibility index (Phi) is 11.8. The maximum atomic E-state index is 1.84. The molecule has 0 saturated heterocycles. The molecule has 0 aromatic carbocycles. The molecule has 6 saturated carbocycles. The van der Waals surface area contributed by atoms with E-state index in [9.17, 15) is 0 Å². The van der Waals surface area contributed by atoms with Crippen molar-refractivity contribution in [3.05, 3.63) is 0 Å². The SMILES string of the molecule is C1CCC([P+](CC[P+](C2CCCCC2)(C2CCCCC2)C2CCCCC2)(C2CCCCC2)C2CCCCC2)CC1. The Hall–Kier alpha value is 0.860. The van der Waals surface area contributed by atoms with E-state index in [1.165, 1.54) is 34.0 Å². The molecule has 0 spiro atoms. The fraction of sp³-hybridized carbons (Fsp3) is 1.00. The summed E-state index contributed by atoms with van der Waals surface area (Å²) in [5.41, 5.74) is 7.24. The Bertz CT molecular complexity index is 557. The molecule has 0 nitrogen and oxygen atoms in total. The standard InChI is InChI=1S/C38H70P2/c1-7-19-33(20-8-1)39(34-21-9-2-10-22-34,35-23-11-3-12-24-35)31-32-40(36-25-13-4-14-26-36,37-27-15-5-16-28-37)38-29-17-6-18-30-38/h33-38H,1-32H2/q+2. The lowest BCUT2D eigenvalue weighted by Gasteiger charge is -2.52. The van der Waals surface area contributed by atoms with Gasteiger partial charge in [0.1, 0.15) is 0 Å². The largest absolute Gasteiger partial charge is 0.0937 e.